The molecule has 1 aromatic heterocycles. The monoisotopic (exact) mass is 454 g/mol. The number of benzene rings is 3. The summed E-state index contributed by atoms with van der Waals surface area (Å²) in [4.78, 5) is 39.1. The molecule has 3 aromatic carbocycles. The zero-order chi connectivity index (χ0) is 24.4. The number of carbonyl (C=O) groups excluding carboxylic acids is 2. The van der Waals surface area contributed by atoms with Crippen LogP contribution in [0.25, 0.3) is 21.9 Å². The Hall–Kier alpha value is -4.19. The molecule has 1 heterocycles. The number of nitrogens with one attached hydrogen (secondary N) is 1. The van der Waals surface area contributed by atoms with Gasteiger partial charge in [-0.2, -0.15) is 0 Å². The zero-order valence-corrected chi connectivity index (χ0v) is 19.6. The van der Waals surface area contributed by atoms with Gasteiger partial charge in [0.1, 0.15) is 5.69 Å². The van der Waals surface area contributed by atoms with E-state index >= 15 is 0 Å². The van der Waals surface area contributed by atoms with E-state index in [1.807, 2.05) is 68.4 Å². The van der Waals surface area contributed by atoms with Gasteiger partial charge in [-0.3, -0.25) is 9.59 Å². The quantitative estimate of drug-likeness (QED) is 0.430. The van der Waals surface area contributed by atoms with E-state index in [4.69, 9.17) is 4.74 Å². The lowest BCUT2D eigenvalue weighted by Crippen LogP contribution is -2.33. The fourth-order valence-electron chi connectivity index (χ4n) is 3.93. The molecule has 6 nitrogen and oxygen atoms in total. The van der Waals surface area contributed by atoms with Crippen LogP contribution in [0.5, 0.6) is 0 Å². The van der Waals surface area contributed by atoms with Gasteiger partial charge in [0, 0.05) is 23.7 Å². The summed E-state index contributed by atoms with van der Waals surface area (Å²) >= 11 is 0. The maximum Gasteiger partial charge on any atom is 0.356 e. The summed E-state index contributed by atoms with van der Waals surface area (Å²) in [5.74, 6) is -1.20. The fraction of sp³-hybridized carbons (Fsp3) is 0.179. The first kappa shape index (κ1) is 23.0. The highest BCUT2D eigenvalue weighted by Gasteiger charge is 2.26. The predicted octanol–water partition coefficient (Wildman–Crippen LogP) is 5.01. The Morgan fingerprint density at radius 3 is 2.21 bits per heavy atom. The maximum absolute atomic E-state index is 13.4. The van der Waals surface area contributed by atoms with E-state index in [2.05, 4.69) is 5.32 Å². The Labute approximate surface area is 197 Å². The highest BCUT2D eigenvalue weighted by Crippen LogP contribution is 2.31. The van der Waals surface area contributed by atoms with Gasteiger partial charge in [-0.15, -0.1) is 0 Å². The molecule has 1 N–H and O–H groups in total. The van der Waals surface area contributed by atoms with Crippen LogP contribution in [0.15, 0.2) is 77.6 Å². The Kier molecular flexibility index (Phi) is 6.32. The average Bonchev–Trinajstić information content (AvgIpc) is 2.84. The predicted molar refractivity (Wildman–Crippen MR) is 134 cm³/mol. The van der Waals surface area contributed by atoms with Crippen LogP contribution in [-0.4, -0.2) is 22.5 Å². The summed E-state index contributed by atoms with van der Waals surface area (Å²) in [6, 6.07) is 22.1. The minimum Gasteiger partial charge on any atom is -0.448 e. The van der Waals surface area contributed by atoms with E-state index in [-0.39, 0.29) is 11.3 Å². The van der Waals surface area contributed by atoms with Crippen LogP contribution in [-0.2, 0) is 16.6 Å². The number of amides is 1. The van der Waals surface area contributed by atoms with Crippen LogP contribution in [0, 0.1) is 13.8 Å². The van der Waals surface area contributed by atoms with Crippen molar-refractivity contribution in [1.82, 2.24) is 4.57 Å². The van der Waals surface area contributed by atoms with Crippen molar-refractivity contribution >= 4 is 28.3 Å². The second-order valence-electron chi connectivity index (χ2n) is 8.34. The number of esters is 1. The molecule has 0 spiro atoms. The van der Waals surface area contributed by atoms with E-state index in [0.29, 0.717) is 22.0 Å². The molecule has 0 radical (unpaired) electrons. The molecule has 34 heavy (non-hydrogen) atoms. The summed E-state index contributed by atoms with van der Waals surface area (Å²) in [6.45, 7) is 5.46. The van der Waals surface area contributed by atoms with Gasteiger partial charge in [-0.25, -0.2) is 4.79 Å². The maximum atomic E-state index is 13.4. The summed E-state index contributed by atoms with van der Waals surface area (Å²) in [6.07, 6.45) is -1.07. The number of aryl methyl sites for hydroxylation is 2. The summed E-state index contributed by atoms with van der Waals surface area (Å²) in [5.41, 5.74) is 3.93. The van der Waals surface area contributed by atoms with Gasteiger partial charge in [-0.05, 0) is 61.0 Å². The van der Waals surface area contributed by atoms with Crippen LogP contribution in [0.2, 0.25) is 0 Å². The smallest absolute Gasteiger partial charge is 0.356 e. The van der Waals surface area contributed by atoms with Gasteiger partial charge >= 0.3 is 5.97 Å². The van der Waals surface area contributed by atoms with Gasteiger partial charge in [0.2, 0.25) is 0 Å². The summed E-state index contributed by atoms with van der Waals surface area (Å²) in [5, 5.41) is 3.93. The number of rotatable bonds is 5. The van der Waals surface area contributed by atoms with Crippen molar-refractivity contribution in [2.75, 3.05) is 5.32 Å². The van der Waals surface area contributed by atoms with Crippen molar-refractivity contribution in [3.8, 4) is 11.1 Å². The molecule has 0 bridgehead atoms. The summed E-state index contributed by atoms with van der Waals surface area (Å²) in [7, 11) is 1.54. The normalized spacial score (nSPS) is 11.8. The van der Waals surface area contributed by atoms with Gasteiger partial charge in [0.05, 0.1) is 0 Å². The SMILES string of the molecule is Cc1ccc(NC(=O)C(C)OC(=O)c2c(-c3ccccc3)c3ccccc3c(=O)n2C)cc1C. The molecule has 172 valence electrons. The number of ether oxygens (including phenoxy) is 1. The Morgan fingerprint density at radius 2 is 1.53 bits per heavy atom. The molecule has 1 amide bonds. The van der Waals surface area contributed by atoms with Crippen molar-refractivity contribution in [2.24, 2.45) is 7.05 Å². The number of nitrogens with zero attached hydrogens (tertiary/aromatic N) is 1. The highest BCUT2D eigenvalue weighted by molar-refractivity contribution is 6.07. The third kappa shape index (κ3) is 4.35. The number of hydrogen-bond donors (Lipinski definition) is 1. The molecular weight excluding hydrogens is 428 g/mol. The molecule has 1 unspecified atom stereocenters. The third-order valence-corrected chi connectivity index (χ3v) is 5.99. The standard InChI is InChI=1S/C28H26N2O4/c1-17-14-15-21(16-18(17)2)29-26(31)19(3)34-28(33)25-24(20-10-6-5-7-11-20)22-12-8-9-13-23(22)27(32)30(25)4/h5-16,19H,1-4H3,(H,29,31). The summed E-state index contributed by atoms with van der Waals surface area (Å²) < 4.78 is 6.85. The Morgan fingerprint density at radius 1 is 0.882 bits per heavy atom. The largest absolute Gasteiger partial charge is 0.448 e. The zero-order valence-electron chi connectivity index (χ0n) is 19.6. The van der Waals surface area contributed by atoms with Gasteiger partial charge < -0.3 is 14.6 Å². The van der Waals surface area contributed by atoms with Gasteiger partial charge in [0.15, 0.2) is 6.10 Å². The van der Waals surface area contributed by atoms with Crippen molar-refractivity contribution in [1.29, 1.82) is 0 Å². The van der Waals surface area contributed by atoms with E-state index in [1.165, 1.54) is 18.5 Å². The molecule has 1 atom stereocenters. The van der Waals surface area contributed by atoms with Crippen LogP contribution < -0.4 is 10.9 Å². The lowest BCUT2D eigenvalue weighted by molar-refractivity contribution is -0.123. The fourth-order valence-corrected chi connectivity index (χ4v) is 3.93. The van der Waals surface area contributed by atoms with Gasteiger partial charge in [0.25, 0.3) is 11.5 Å². The first-order chi connectivity index (χ1) is 16.3. The van der Waals surface area contributed by atoms with Gasteiger partial charge in [-0.1, -0.05) is 54.6 Å². The Bertz CT molecular complexity index is 1450. The molecule has 0 aliphatic heterocycles. The number of aromatic nitrogens is 1. The molecule has 0 saturated carbocycles. The van der Waals surface area contributed by atoms with Crippen molar-refractivity contribution in [2.45, 2.75) is 26.9 Å². The minimum atomic E-state index is -1.07. The lowest BCUT2D eigenvalue weighted by Gasteiger charge is -2.19. The van der Waals surface area contributed by atoms with E-state index in [9.17, 15) is 14.4 Å². The van der Waals surface area contributed by atoms with Crippen LogP contribution in [0.3, 0.4) is 0 Å². The first-order valence-corrected chi connectivity index (χ1v) is 11.0. The second-order valence-corrected chi connectivity index (χ2v) is 8.34. The molecule has 4 aromatic rings. The van der Waals surface area contributed by atoms with E-state index in [1.54, 1.807) is 18.2 Å². The molecule has 0 fully saturated rings. The van der Waals surface area contributed by atoms with Crippen LogP contribution in [0.4, 0.5) is 5.69 Å². The topological polar surface area (TPSA) is 77.4 Å². The van der Waals surface area contributed by atoms with E-state index in [0.717, 1.165) is 16.7 Å². The minimum absolute atomic E-state index is 0.0979. The first-order valence-electron chi connectivity index (χ1n) is 11.0. The molecule has 0 saturated heterocycles. The highest BCUT2D eigenvalue weighted by atomic mass is 16.5. The van der Waals surface area contributed by atoms with E-state index < -0.39 is 18.0 Å². The second kappa shape index (κ2) is 9.35. The third-order valence-electron chi connectivity index (χ3n) is 5.99. The molecule has 4 rings (SSSR count). The Balaban J connectivity index is 1.71. The number of anilines is 1. The van der Waals surface area contributed by atoms with Crippen molar-refractivity contribution in [3.05, 3.63) is 100.0 Å². The molecular formula is C28H26N2O4. The number of hydrogen-bond acceptors (Lipinski definition) is 4. The lowest BCUT2D eigenvalue weighted by atomic mass is 9.97. The van der Waals surface area contributed by atoms with Crippen LogP contribution >= 0.6 is 0 Å². The number of pyridine rings is 1. The number of carbonyl (C=O) groups is 2. The molecule has 0 aliphatic carbocycles. The average molecular weight is 455 g/mol. The van der Waals surface area contributed by atoms with Crippen LogP contribution in [0.1, 0.15) is 28.5 Å². The van der Waals surface area contributed by atoms with Crippen molar-refractivity contribution in [3.63, 3.8) is 0 Å². The molecule has 0 aliphatic rings. The van der Waals surface area contributed by atoms with Crippen molar-refractivity contribution < 1.29 is 14.3 Å². The molecule has 6 heteroatoms. The number of fused-ring (bicyclic) bond motifs is 1.